The highest BCUT2D eigenvalue weighted by Gasteiger charge is 2.26. The van der Waals surface area contributed by atoms with Crippen LogP contribution in [0.3, 0.4) is 0 Å². The molecule has 0 aromatic carbocycles. The van der Waals surface area contributed by atoms with Gasteiger partial charge in [0.15, 0.2) is 0 Å². The molecule has 96 valence electrons. The minimum atomic E-state index is -0.638. The van der Waals surface area contributed by atoms with Crippen LogP contribution in [0.25, 0.3) is 0 Å². The van der Waals surface area contributed by atoms with Gasteiger partial charge in [0.05, 0.1) is 11.7 Å². The van der Waals surface area contributed by atoms with Crippen molar-refractivity contribution in [2.75, 3.05) is 13.1 Å². The van der Waals surface area contributed by atoms with Crippen molar-refractivity contribution in [2.24, 2.45) is 0 Å². The molecule has 0 spiro atoms. The largest absolute Gasteiger partial charge is 0.393 e. The normalized spacial score (nSPS) is 26.4. The highest BCUT2D eigenvalue weighted by atomic mass is 16.3. The van der Waals surface area contributed by atoms with Gasteiger partial charge in [-0.1, -0.05) is 12.8 Å². The summed E-state index contributed by atoms with van der Waals surface area (Å²) in [6.07, 6.45) is 5.48. The van der Waals surface area contributed by atoms with Crippen LogP contribution in [0.1, 0.15) is 52.9 Å². The van der Waals surface area contributed by atoms with Crippen molar-refractivity contribution in [3.63, 3.8) is 0 Å². The molecule has 0 bridgehead atoms. The fraction of sp³-hybridized carbons (Fsp3) is 1.00. The van der Waals surface area contributed by atoms with Gasteiger partial charge in [0.25, 0.3) is 0 Å². The van der Waals surface area contributed by atoms with Crippen LogP contribution in [-0.4, -0.2) is 45.9 Å². The molecule has 2 unspecified atom stereocenters. The lowest BCUT2D eigenvalue weighted by Crippen LogP contribution is -2.45. The number of β-amino-alcohol motifs (C(OH)–C–C–N with tert-alkyl or cyclic N) is 1. The van der Waals surface area contributed by atoms with Crippen LogP contribution in [0.15, 0.2) is 0 Å². The lowest BCUT2D eigenvalue weighted by molar-refractivity contribution is 0.0120. The third-order valence-electron chi connectivity index (χ3n) is 3.20. The Labute approximate surface area is 99.5 Å². The predicted molar refractivity (Wildman–Crippen MR) is 66.4 cm³/mol. The van der Waals surface area contributed by atoms with Gasteiger partial charge in [0.2, 0.25) is 0 Å². The molecule has 0 aromatic rings. The molecule has 1 aliphatic heterocycles. The van der Waals surface area contributed by atoms with Crippen molar-refractivity contribution >= 4 is 0 Å². The van der Waals surface area contributed by atoms with E-state index in [1.165, 1.54) is 19.3 Å². The Morgan fingerprint density at radius 1 is 1.31 bits per heavy atom. The number of aliphatic hydroxyl groups is 2. The Kier molecular flexibility index (Phi) is 5.22. The minimum Gasteiger partial charge on any atom is -0.393 e. The van der Waals surface area contributed by atoms with Crippen LogP contribution < -0.4 is 0 Å². The zero-order chi connectivity index (χ0) is 12.2. The van der Waals surface area contributed by atoms with Gasteiger partial charge in [-0.15, -0.1) is 0 Å². The quantitative estimate of drug-likeness (QED) is 0.772. The molecule has 16 heavy (non-hydrogen) atoms. The van der Waals surface area contributed by atoms with Gasteiger partial charge in [0.1, 0.15) is 0 Å². The van der Waals surface area contributed by atoms with Crippen molar-refractivity contribution in [1.29, 1.82) is 0 Å². The molecular weight excluding hydrogens is 202 g/mol. The molecule has 2 N–H and O–H groups in total. The second kappa shape index (κ2) is 5.99. The minimum absolute atomic E-state index is 0.243. The molecule has 1 fully saturated rings. The molecule has 3 heteroatoms. The summed E-state index contributed by atoms with van der Waals surface area (Å²) in [5.41, 5.74) is -0.638. The third-order valence-corrected chi connectivity index (χ3v) is 3.20. The molecule has 0 aromatic heterocycles. The molecule has 1 rings (SSSR count). The molecule has 0 saturated carbocycles. The summed E-state index contributed by atoms with van der Waals surface area (Å²) in [5.74, 6) is 0. The first-order valence-corrected chi connectivity index (χ1v) is 6.53. The maximum atomic E-state index is 9.91. The summed E-state index contributed by atoms with van der Waals surface area (Å²) < 4.78 is 0. The summed E-state index contributed by atoms with van der Waals surface area (Å²) in [5, 5.41) is 19.4. The Bertz CT molecular complexity index is 199. The van der Waals surface area contributed by atoms with E-state index in [2.05, 4.69) is 4.90 Å². The highest BCUT2D eigenvalue weighted by Crippen LogP contribution is 2.22. The van der Waals surface area contributed by atoms with Crippen LogP contribution >= 0.6 is 0 Å². The first kappa shape index (κ1) is 13.9. The molecule has 3 nitrogen and oxygen atoms in total. The van der Waals surface area contributed by atoms with E-state index >= 15 is 0 Å². The highest BCUT2D eigenvalue weighted by molar-refractivity contribution is 4.81. The monoisotopic (exact) mass is 229 g/mol. The molecular formula is C13H27NO2. The summed E-state index contributed by atoms with van der Waals surface area (Å²) in [4.78, 5) is 2.36. The molecule has 0 aliphatic carbocycles. The Hall–Kier alpha value is -0.120. The second-order valence-electron chi connectivity index (χ2n) is 5.87. The topological polar surface area (TPSA) is 43.7 Å². The zero-order valence-corrected chi connectivity index (χ0v) is 10.9. The van der Waals surface area contributed by atoms with E-state index in [4.69, 9.17) is 0 Å². The van der Waals surface area contributed by atoms with E-state index in [9.17, 15) is 10.2 Å². The standard InChI is InChI=1S/C13H27NO2/c1-11(15)9-12-7-5-4-6-8-14(12)10-13(2,3)16/h11-12,15-16H,4-10H2,1-3H3. The van der Waals surface area contributed by atoms with E-state index in [-0.39, 0.29) is 6.10 Å². The average molecular weight is 229 g/mol. The molecule has 0 radical (unpaired) electrons. The molecule has 1 heterocycles. The van der Waals surface area contributed by atoms with E-state index < -0.39 is 5.60 Å². The average Bonchev–Trinajstić information content (AvgIpc) is 2.28. The number of hydrogen-bond donors (Lipinski definition) is 2. The zero-order valence-electron chi connectivity index (χ0n) is 10.9. The summed E-state index contributed by atoms with van der Waals surface area (Å²) >= 11 is 0. The number of aliphatic hydroxyl groups excluding tert-OH is 1. The van der Waals surface area contributed by atoms with Gasteiger partial charge in [-0.3, -0.25) is 4.90 Å². The van der Waals surface area contributed by atoms with Crippen LogP contribution in [0.2, 0.25) is 0 Å². The van der Waals surface area contributed by atoms with E-state index in [0.29, 0.717) is 12.6 Å². The molecule has 0 amide bonds. The lowest BCUT2D eigenvalue weighted by Gasteiger charge is -2.35. The Balaban J connectivity index is 2.58. The fourth-order valence-corrected chi connectivity index (χ4v) is 2.60. The number of likely N-dealkylation sites (tertiary alicyclic amines) is 1. The smallest absolute Gasteiger partial charge is 0.0718 e. The van der Waals surface area contributed by atoms with Gasteiger partial charge in [0, 0.05) is 12.6 Å². The van der Waals surface area contributed by atoms with Crippen molar-refractivity contribution in [3.05, 3.63) is 0 Å². The van der Waals surface area contributed by atoms with Gasteiger partial charge in [-0.05, 0) is 46.6 Å². The first-order valence-electron chi connectivity index (χ1n) is 6.53. The van der Waals surface area contributed by atoms with Gasteiger partial charge in [-0.25, -0.2) is 0 Å². The predicted octanol–water partition coefficient (Wildman–Crippen LogP) is 1.77. The van der Waals surface area contributed by atoms with Crippen molar-refractivity contribution in [1.82, 2.24) is 4.90 Å². The first-order chi connectivity index (χ1) is 7.38. The van der Waals surface area contributed by atoms with Gasteiger partial charge < -0.3 is 10.2 Å². The van der Waals surface area contributed by atoms with Crippen molar-refractivity contribution in [3.8, 4) is 0 Å². The second-order valence-corrected chi connectivity index (χ2v) is 5.87. The summed E-state index contributed by atoms with van der Waals surface area (Å²) in [7, 11) is 0. The van der Waals surface area contributed by atoms with Crippen molar-refractivity contribution in [2.45, 2.75) is 70.6 Å². The molecule has 2 atom stereocenters. The summed E-state index contributed by atoms with van der Waals surface area (Å²) in [6, 6.07) is 0.439. The lowest BCUT2D eigenvalue weighted by atomic mass is 10.0. The summed E-state index contributed by atoms with van der Waals surface area (Å²) in [6.45, 7) is 7.34. The number of nitrogens with zero attached hydrogens (tertiary/aromatic N) is 1. The number of hydrogen-bond acceptors (Lipinski definition) is 3. The fourth-order valence-electron chi connectivity index (χ4n) is 2.60. The Morgan fingerprint density at radius 3 is 2.56 bits per heavy atom. The van der Waals surface area contributed by atoms with Crippen LogP contribution in [0, 0.1) is 0 Å². The van der Waals surface area contributed by atoms with E-state index in [1.807, 2.05) is 20.8 Å². The van der Waals surface area contributed by atoms with Crippen molar-refractivity contribution < 1.29 is 10.2 Å². The number of rotatable bonds is 4. The van der Waals surface area contributed by atoms with E-state index in [0.717, 1.165) is 19.4 Å². The van der Waals surface area contributed by atoms with Crippen LogP contribution in [0.4, 0.5) is 0 Å². The Morgan fingerprint density at radius 2 is 2.00 bits per heavy atom. The van der Waals surface area contributed by atoms with Gasteiger partial charge >= 0.3 is 0 Å². The molecule has 1 aliphatic rings. The van der Waals surface area contributed by atoms with Crippen LogP contribution in [-0.2, 0) is 0 Å². The van der Waals surface area contributed by atoms with Crippen LogP contribution in [0.5, 0.6) is 0 Å². The van der Waals surface area contributed by atoms with Gasteiger partial charge in [-0.2, -0.15) is 0 Å². The SMILES string of the molecule is CC(O)CC1CCCCCN1CC(C)(C)O. The molecule has 1 saturated heterocycles. The van der Waals surface area contributed by atoms with E-state index in [1.54, 1.807) is 0 Å². The maximum absolute atomic E-state index is 9.91. The third kappa shape index (κ3) is 5.28. The maximum Gasteiger partial charge on any atom is 0.0718 e.